The summed E-state index contributed by atoms with van der Waals surface area (Å²) in [5, 5.41) is 0. The Hall–Kier alpha value is -3.07. The number of hydrogen-bond donors (Lipinski definition) is 0. The smallest absolute Gasteiger partial charge is 0.0751 e. The Kier molecular flexibility index (Phi) is 5.52. The van der Waals surface area contributed by atoms with Gasteiger partial charge in [0, 0.05) is 36.7 Å². The molecule has 2 aliphatic rings. The average Bonchev–Trinajstić information content (AvgIpc) is 3.39. The summed E-state index contributed by atoms with van der Waals surface area (Å²) in [6, 6.07) is 24.2. The normalized spacial score (nSPS) is 20.1. The van der Waals surface area contributed by atoms with E-state index in [0.29, 0.717) is 12.1 Å². The summed E-state index contributed by atoms with van der Waals surface area (Å²) in [4.78, 5) is 14.5. The van der Waals surface area contributed by atoms with Gasteiger partial charge in [-0.15, -0.1) is 0 Å². The second-order valence-corrected chi connectivity index (χ2v) is 8.20. The number of rotatable bonds is 6. The van der Waals surface area contributed by atoms with Gasteiger partial charge in [0.25, 0.3) is 0 Å². The Bertz CT molecular complexity index is 1000. The van der Waals surface area contributed by atoms with Crippen LogP contribution in [0.15, 0.2) is 76.7 Å². The summed E-state index contributed by atoms with van der Waals surface area (Å²) >= 11 is 0. The molecule has 0 saturated carbocycles. The second-order valence-electron chi connectivity index (χ2n) is 8.20. The fourth-order valence-electron chi connectivity index (χ4n) is 4.68. The fourth-order valence-corrected chi connectivity index (χ4v) is 4.68. The molecule has 3 heteroatoms. The first kappa shape index (κ1) is 18.9. The van der Waals surface area contributed by atoms with Crippen LogP contribution in [0, 0.1) is 0 Å². The molecule has 0 radical (unpaired) electrons. The van der Waals surface area contributed by atoms with Gasteiger partial charge in [-0.1, -0.05) is 54.6 Å². The van der Waals surface area contributed by atoms with Crippen molar-refractivity contribution in [2.24, 2.45) is 9.98 Å². The van der Waals surface area contributed by atoms with Crippen LogP contribution in [0.25, 0.3) is 0 Å². The minimum atomic E-state index is 0.311. The molecule has 0 N–H and O–H groups in total. The molecule has 30 heavy (non-hydrogen) atoms. The molecule has 2 aromatic carbocycles. The Labute approximate surface area is 178 Å². The Morgan fingerprint density at radius 1 is 0.667 bits per heavy atom. The highest BCUT2D eigenvalue weighted by atomic mass is 14.8. The van der Waals surface area contributed by atoms with Gasteiger partial charge in [-0.3, -0.25) is 15.0 Å². The average molecular weight is 394 g/mol. The summed E-state index contributed by atoms with van der Waals surface area (Å²) in [5.74, 6) is 0. The van der Waals surface area contributed by atoms with E-state index in [1.54, 1.807) is 0 Å². The van der Waals surface area contributed by atoms with Crippen molar-refractivity contribution in [3.8, 4) is 0 Å². The zero-order valence-electron chi connectivity index (χ0n) is 17.2. The molecule has 3 aromatic rings. The lowest BCUT2D eigenvalue weighted by molar-refractivity contribution is 0.716. The molecule has 5 rings (SSSR count). The van der Waals surface area contributed by atoms with Crippen LogP contribution in [-0.4, -0.2) is 17.4 Å². The fraction of sp³-hybridized carbons (Fsp3) is 0.296. The number of benzene rings is 2. The van der Waals surface area contributed by atoms with Gasteiger partial charge in [0.2, 0.25) is 0 Å². The van der Waals surface area contributed by atoms with Crippen LogP contribution < -0.4 is 0 Å². The monoisotopic (exact) mass is 393 g/mol. The standard InChI is InChI=1S/C27H27N3/c1-3-10-24-20(6-1)12-14-26(24)28-18-16-22-8-5-9-23(30-22)17-19-29-27-15-13-21-7-2-4-11-25(21)27/h1-11,18-19,26-27H,12-17H2. The number of nitrogens with zero attached hydrogens (tertiary/aromatic N) is 3. The highest BCUT2D eigenvalue weighted by molar-refractivity contribution is 5.63. The quantitative estimate of drug-likeness (QED) is 0.496. The summed E-state index contributed by atoms with van der Waals surface area (Å²) in [6.45, 7) is 0. The van der Waals surface area contributed by atoms with Gasteiger partial charge in [0.1, 0.15) is 0 Å². The first-order chi connectivity index (χ1) is 14.9. The molecule has 1 aromatic heterocycles. The molecule has 0 amide bonds. The van der Waals surface area contributed by atoms with Crippen molar-refractivity contribution in [3.05, 3.63) is 100 Å². The number of hydrogen-bond acceptors (Lipinski definition) is 3. The zero-order valence-corrected chi connectivity index (χ0v) is 17.2. The number of aliphatic imine (C=N–C) groups is 2. The van der Waals surface area contributed by atoms with E-state index in [9.17, 15) is 0 Å². The van der Waals surface area contributed by atoms with Gasteiger partial charge in [-0.25, -0.2) is 0 Å². The molecule has 3 nitrogen and oxygen atoms in total. The topological polar surface area (TPSA) is 37.6 Å². The molecule has 0 bridgehead atoms. The molecule has 0 aliphatic heterocycles. The van der Waals surface area contributed by atoms with E-state index < -0.39 is 0 Å². The maximum Gasteiger partial charge on any atom is 0.0751 e. The third-order valence-electron chi connectivity index (χ3n) is 6.24. The molecular formula is C27H27N3. The predicted molar refractivity (Wildman–Crippen MR) is 124 cm³/mol. The molecule has 0 saturated heterocycles. The van der Waals surface area contributed by atoms with Crippen LogP contribution in [-0.2, 0) is 25.7 Å². The van der Waals surface area contributed by atoms with Gasteiger partial charge in [0.15, 0.2) is 0 Å². The Balaban J connectivity index is 1.18. The Morgan fingerprint density at radius 2 is 1.17 bits per heavy atom. The maximum absolute atomic E-state index is 4.83. The number of fused-ring (bicyclic) bond motifs is 2. The van der Waals surface area contributed by atoms with E-state index in [1.807, 2.05) is 12.4 Å². The van der Waals surface area contributed by atoms with Gasteiger partial charge in [-0.2, -0.15) is 0 Å². The van der Waals surface area contributed by atoms with Crippen LogP contribution in [0.4, 0.5) is 0 Å². The van der Waals surface area contributed by atoms with Gasteiger partial charge in [-0.05, 0) is 60.1 Å². The van der Waals surface area contributed by atoms with Crippen LogP contribution in [0.5, 0.6) is 0 Å². The van der Waals surface area contributed by atoms with Crippen LogP contribution in [0.3, 0.4) is 0 Å². The lowest BCUT2D eigenvalue weighted by Crippen LogP contribution is -1.99. The van der Waals surface area contributed by atoms with Crippen LogP contribution in [0.2, 0.25) is 0 Å². The van der Waals surface area contributed by atoms with Crippen molar-refractivity contribution in [2.75, 3.05) is 0 Å². The van der Waals surface area contributed by atoms with Crippen LogP contribution >= 0.6 is 0 Å². The maximum atomic E-state index is 4.83. The first-order valence-electron chi connectivity index (χ1n) is 11.0. The van der Waals surface area contributed by atoms with E-state index in [4.69, 9.17) is 15.0 Å². The van der Waals surface area contributed by atoms with Crippen molar-refractivity contribution in [1.82, 2.24) is 4.98 Å². The second kappa shape index (κ2) is 8.74. The predicted octanol–water partition coefficient (Wildman–Crippen LogP) is 5.68. The van der Waals surface area contributed by atoms with Crippen molar-refractivity contribution in [3.63, 3.8) is 0 Å². The minimum Gasteiger partial charge on any atom is -0.289 e. The van der Waals surface area contributed by atoms with Crippen molar-refractivity contribution < 1.29 is 0 Å². The molecule has 1 heterocycles. The SMILES string of the molecule is C(Cc1cccc(CC=NC2CCc3ccccc32)n1)=NC1CCc2ccccc21. The molecule has 2 aliphatic carbocycles. The lowest BCUT2D eigenvalue weighted by Gasteiger charge is -2.06. The highest BCUT2D eigenvalue weighted by Crippen LogP contribution is 2.34. The third kappa shape index (κ3) is 4.11. The number of pyridine rings is 1. The third-order valence-corrected chi connectivity index (χ3v) is 6.24. The summed E-state index contributed by atoms with van der Waals surface area (Å²) < 4.78 is 0. The summed E-state index contributed by atoms with van der Waals surface area (Å²) in [5.41, 5.74) is 7.82. The van der Waals surface area contributed by atoms with Crippen molar-refractivity contribution >= 4 is 12.4 Å². The first-order valence-corrected chi connectivity index (χ1v) is 11.0. The summed E-state index contributed by atoms with van der Waals surface area (Å²) in [7, 11) is 0. The van der Waals surface area contributed by atoms with E-state index in [0.717, 1.165) is 49.9 Å². The van der Waals surface area contributed by atoms with E-state index in [2.05, 4.69) is 66.7 Å². The molecule has 0 fully saturated rings. The molecule has 150 valence electrons. The molecular weight excluding hydrogens is 366 g/mol. The van der Waals surface area contributed by atoms with E-state index >= 15 is 0 Å². The number of aromatic nitrogens is 1. The zero-order chi connectivity index (χ0) is 20.2. The van der Waals surface area contributed by atoms with E-state index in [1.165, 1.54) is 22.3 Å². The largest absolute Gasteiger partial charge is 0.289 e. The highest BCUT2D eigenvalue weighted by Gasteiger charge is 2.21. The minimum absolute atomic E-state index is 0.311. The van der Waals surface area contributed by atoms with Gasteiger partial charge >= 0.3 is 0 Å². The molecule has 0 spiro atoms. The van der Waals surface area contributed by atoms with Gasteiger partial charge < -0.3 is 0 Å². The van der Waals surface area contributed by atoms with Crippen molar-refractivity contribution in [2.45, 2.75) is 50.6 Å². The van der Waals surface area contributed by atoms with Crippen molar-refractivity contribution in [1.29, 1.82) is 0 Å². The van der Waals surface area contributed by atoms with Gasteiger partial charge in [0.05, 0.1) is 12.1 Å². The molecule has 2 unspecified atom stereocenters. The Morgan fingerprint density at radius 3 is 1.70 bits per heavy atom. The van der Waals surface area contributed by atoms with Crippen LogP contribution in [0.1, 0.15) is 58.6 Å². The molecule has 2 atom stereocenters. The van der Waals surface area contributed by atoms with E-state index in [-0.39, 0.29) is 0 Å². The lowest BCUT2D eigenvalue weighted by atomic mass is 10.1. The summed E-state index contributed by atoms with van der Waals surface area (Å²) in [6.07, 6.45) is 10.1. The number of aryl methyl sites for hydroxylation is 2.